The molecule has 254 valence electrons. The second-order valence-corrected chi connectivity index (χ2v) is 11.4. The van der Waals surface area contributed by atoms with Crippen molar-refractivity contribution in [2.45, 2.75) is 0 Å². The fourth-order valence-electron chi connectivity index (χ4n) is 5.92. The molecule has 10 aromatic rings. The molecule has 0 unspecified atom stereocenters. The van der Waals surface area contributed by atoms with Crippen molar-refractivity contribution in [2.75, 3.05) is 4.90 Å². The van der Waals surface area contributed by atoms with Crippen LogP contribution >= 0.6 is 0 Å². The minimum absolute atomic E-state index is 0.142. The van der Waals surface area contributed by atoms with Crippen LogP contribution < -0.4 is 4.90 Å². The molecular formula is C52H35NO. The summed E-state index contributed by atoms with van der Waals surface area (Å²) in [4.78, 5) is 0.414. The molecule has 0 bridgehead atoms. The molecule has 0 atom stereocenters. The molecule has 0 N–H and O–H groups in total. The normalized spacial score (nSPS) is 19.1. The fraction of sp³-hybridized carbons (Fsp3) is 0. The molecule has 0 fully saturated rings. The van der Waals surface area contributed by atoms with Crippen molar-refractivity contribution in [2.24, 2.45) is 0 Å². The Morgan fingerprint density at radius 1 is 0.389 bits per heavy atom. The Morgan fingerprint density at radius 2 is 0.944 bits per heavy atom. The van der Waals surface area contributed by atoms with E-state index >= 15 is 0 Å². The number of benzene rings is 9. The molecule has 0 saturated heterocycles. The molecule has 0 radical (unpaired) electrons. The summed E-state index contributed by atoms with van der Waals surface area (Å²) in [6, 6.07) is -23.7. The van der Waals surface area contributed by atoms with Crippen molar-refractivity contribution in [3.63, 3.8) is 0 Å². The van der Waals surface area contributed by atoms with Gasteiger partial charge in [-0.3, -0.25) is 0 Å². The van der Waals surface area contributed by atoms with E-state index in [9.17, 15) is 16.4 Å². The molecule has 2 heteroatoms. The second-order valence-electron chi connectivity index (χ2n) is 11.4. The number of furan rings is 1. The molecular weight excluding hydrogens is 655 g/mol. The maximum atomic E-state index is 10.2. The smallest absolute Gasteiger partial charge is 0.143 e. The number of anilines is 3. The number of fused-ring (bicyclic) bond motifs is 5. The lowest BCUT2D eigenvalue weighted by Gasteiger charge is -2.28. The average Bonchev–Trinajstić information content (AvgIpc) is 1.43. The standard InChI is InChI=1S/C52H35NO/c1-5-16-36(17-6-1)39-28-30-43(31-29-39)53(44-33-41(37-18-7-2-8-19-37)32-42(34-44)38-20-9-3-10-21-38)49-26-15-27-50-51(49)48-35-47(40-22-11-4-12-23-40)45-24-13-14-25-46(45)52(48)54-50/h1-35H/i1D,2D,3D,5D,6D,7D,8D,9D,10D,13D,14D,15D,16D,17D,18D,19D,20D,21D,24D,25D,26D,27D,28D,29D,30D,31D,32D,33D,34D,35D. The van der Waals surface area contributed by atoms with Gasteiger partial charge in [-0.1, -0.05) is 163 Å². The average molecular weight is 720 g/mol. The van der Waals surface area contributed by atoms with E-state index in [1.54, 1.807) is 6.07 Å². The van der Waals surface area contributed by atoms with Crippen LogP contribution in [0.5, 0.6) is 0 Å². The summed E-state index contributed by atoms with van der Waals surface area (Å²) in [5.74, 6) is 0. The summed E-state index contributed by atoms with van der Waals surface area (Å²) in [6.45, 7) is 0. The molecule has 0 aliphatic carbocycles. The molecule has 54 heavy (non-hydrogen) atoms. The minimum atomic E-state index is -1.32. The highest BCUT2D eigenvalue weighted by Gasteiger charge is 2.23. The van der Waals surface area contributed by atoms with E-state index in [1.165, 1.54) is 24.3 Å². The van der Waals surface area contributed by atoms with Crippen molar-refractivity contribution < 1.29 is 45.5 Å². The fourth-order valence-corrected chi connectivity index (χ4v) is 5.92. The minimum Gasteiger partial charge on any atom is -0.455 e. The van der Waals surface area contributed by atoms with Crippen molar-refractivity contribution in [3.05, 3.63) is 212 Å². The topological polar surface area (TPSA) is 16.4 Å². The van der Waals surface area contributed by atoms with Gasteiger partial charge in [-0.25, -0.2) is 0 Å². The predicted octanol–water partition coefficient (Wildman–Crippen LogP) is 14.9. The van der Waals surface area contributed by atoms with Gasteiger partial charge in [-0.15, -0.1) is 0 Å². The summed E-state index contributed by atoms with van der Waals surface area (Å²) < 4.78 is 280. The third-order valence-electron chi connectivity index (χ3n) is 8.25. The molecule has 2 nitrogen and oxygen atoms in total. The summed E-state index contributed by atoms with van der Waals surface area (Å²) in [5.41, 5.74) is -10.9. The van der Waals surface area contributed by atoms with Crippen LogP contribution in [0.4, 0.5) is 17.1 Å². The number of hydrogen-bond donors (Lipinski definition) is 0. The van der Waals surface area contributed by atoms with Crippen LogP contribution in [-0.4, -0.2) is 0 Å². The van der Waals surface area contributed by atoms with Crippen LogP contribution in [0, 0.1) is 0 Å². The van der Waals surface area contributed by atoms with Gasteiger partial charge in [0.05, 0.1) is 52.2 Å². The van der Waals surface area contributed by atoms with Crippen LogP contribution in [0.2, 0.25) is 0 Å². The van der Waals surface area contributed by atoms with Crippen molar-refractivity contribution >= 4 is 49.8 Å². The first-order valence-corrected chi connectivity index (χ1v) is 16.0. The van der Waals surface area contributed by atoms with Crippen LogP contribution in [0.25, 0.3) is 77.2 Å². The Kier molecular flexibility index (Phi) is 3.32. The van der Waals surface area contributed by atoms with Gasteiger partial charge >= 0.3 is 0 Å². The largest absolute Gasteiger partial charge is 0.455 e. The van der Waals surface area contributed by atoms with Crippen molar-refractivity contribution in [1.82, 2.24) is 0 Å². The lowest BCUT2D eigenvalue weighted by atomic mass is 9.94. The third kappa shape index (κ3) is 5.62. The van der Waals surface area contributed by atoms with E-state index < -0.39 is 259 Å². The Morgan fingerprint density at radius 3 is 1.57 bits per heavy atom. The SMILES string of the molecule is [2H]c1c([2H])c([2H])c(-c2c([2H])c([2H])c(N(c3c([2H])c(-c4c([2H])c([2H])c([2H])c([2H])c4[2H])c([2H])c(-c4c([2H])c([2H])c([2H])c([2H])c4[2H])c3[2H])c3c([2H])c([2H])c([2H])c4oc5c6c([2H])c([2H])c([2H])c([2H])c6c(-c6ccccc6)c([2H])c5c34)c([2H])c2[2H])c([2H])c1[2H]. The predicted molar refractivity (Wildman–Crippen MR) is 228 cm³/mol. The number of nitrogens with zero attached hydrogens (tertiary/aromatic N) is 1. The maximum Gasteiger partial charge on any atom is 0.143 e. The molecule has 0 amide bonds. The summed E-state index contributed by atoms with van der Waals surface area (Å²) in [5, 5.41) is -1.99. The zero-order valence-electron chi connectivity index (χ0n) is 57.2. The molecule has 9 aromatic carbocycles. The molecule has 0 aliphatic rings. The van der Waals surface area contributed by atoms with Gasteiger partial charge in [0.25, 0.3) is 0 Å². The highest BCUT2D eigenvalue weighted by molar-refractivity contribution is 6.22. The number of hydrogen-bond acceptors (Lipinski definition) is 2. The first-order valence-electron chi connectivity index (χ1n) is 31.0. The van der Waals surface area contributed by atoms with E-state index in [0.29, 0.717) is 4.90 Å². The van der Waals surface area contributed by atoms with Gasteiger partial charge in [0.15, 0.2) is 0 Å². The van der Waals surface area contributed by atoms with E-state index in [1.807, 2.05) is 0 Å². The van der Waals surface area contributed by atoms with Gasteiger partial charge < -0.3 is 9.32 Å². The van der Waals surface area contributed by atoms with Gasteiger partial charge in [-0.2, -0.15) is 0 Å². The van der Waals surface area contributed by atoms with Gasteiger partial charge in [0, 0.05) is 22.1 Å². The van der Waals surface area contributed by atoms with Gasteiger partial charge in [-0.05, 0) is 98.2 Å². The highest BCUT2D eigenvalue weighted by Crippen LogP contribution is 2.47. The van der Waals surface area contributed by atoms with Gasteiger partial charge in [0.2, 0.25) is 0 Å². The highest BCUT2D eigenvalue weighted by atomic mass is 16.3. The number of rotatable bonds is 7. The lowest BCUT2D eigenvalue weighted by Crippen LogP contribution is -2.11. The Labute approximate surface area is 357 Å². The van der Waals surface area contributed by atoms with E-state index in [4.69, 9.17) is 29.1 Å². The van der Waals surface area contributed by atoms with E-state index in [0.717, 1.165) is 0 Å². The Hall–Kier alpha value is -7.16. The molecule has 10 rings (SSSR count). The zero-order chi connectivity index (χ0) is 62.0. The monoisotopic (exact) mass is 719 g/mol. The van der Waals surface area contributed by atoms with Crippen LogP contribution in [0.15, 0.2) is 216 Å². The molecule has 1 aromatic heterocycles. The zero-order valence-corrected chi connectivity index (χ0v) is 27.2. The van der Waals surface area contributed by atoms with Gasteiger partial charge in [0.1, 0.15) is 11.2 Å². The Balaban J connectivity index is 1.55. The molecule has 0 aliphatic heterocycles. The van der Waals surface area contributed by atoms with E-state index in [2.05, 4.69) is 0 Å². The first-order chi connectivity index (χ1) is 39.3. The van der Waals surface area contributed by atoms with Crippen LogP contribution in [0.3, 0.4) is 0 Å². The third-order valence-corrected chi connectivity index (χ3v) is 8.25. The second kappa shape index (κ2) is 13.4. The van der Waals surface area contributed by atoms with Crippen LogP contribution in [-0.2, 0) is 0 Å². The molecule has 1 heterocycles. The molecule has 0 spiro atoms. The maximum absolute atomic E-state index is 10.2. The lowest BCUT2D eigenvalue weighted by molar-refractivity contribution is 0.672. The van der Waals surface area contributed by atoms with Crippen molar-refractivity contribution in [3.8, 4) is 44.5 Å². The summed E-state index contributed by atoms with van der Waals surface area (Å²) in [7, 11) is 0. The van der Waals surface area contributed by atoms with Crippen molar-refractivity contribution in [1.29, 1.82) is 0 Å². The molecule has 0 saturated carbocycles. The summed E-state index contributed by atoms with van der Waals surface area (Å²) in [6.07, 6.45) is 0. The van der Waals surface area contributed by atoms with Crippen LogP contribution in [0.1, 0.15) is 41.1 Å². The quantitative estimate of drug-likeness (QED) is 0.163. The van der Waals surface area contributed by atoms with E-state index in [-0.39, 0.29) is 16.5 Å². The summed E-state index contributed by atoms with van der Waals surface area (Å²) >= 11 is 0. The first kappa shape index (κ1) is 13.4. The Bertz CT molecular complexity index is 4460.